The summed E-state index contributed by atoms with van der Waals surface area (Å²) >= 11 is 0. The van der Waals surface area contributed by atoms with Gasteiger partial charge in [0.15, 0.2) is 0 Å². The molecule has 6 fully saturated rings. The Hall–Kier alpha value is -0.400. The van der Waals surface area contributed by atoms with Crippen molar-refractivity contribution < 1.29 is 4.74 Å². The van der Waals surface area contributed by atoms with Gasteiger partial charge < -0.3 is 34.1 Å². The van der Waals surface area contributed by atoms with Gasteiger partial charge in [0.25, 0.3) is 0 Å². The van der Waals surface area contributed by atoms with Gasteiger partial charge in [0.1, 0.15) is 0 Å². The van der Waals surface area contributed by atoms with Crippen molar-refractivity contribution in [1.29, 1.82) is 0 Å². The SMILES string of the molecule is CC(C)(C)CN1CCCC1.CC(C)(C)CN1CCCCC1.CC(C)(C)CN1CCOCC1.CN(C)C1CCCN1CC(C)(C)C.CN(C)C1CCN(CC(C)(C)C)C1.CN1CCN(CC(C)(C)C)CC1. The van der Waals surface area contributed by atoms with Crippen LogP contribution in [0.5, 0.6) is 0 Å². The van der Waals surface area contributed by atoms with Crippen LogP contribution >= 0.6 is 0 Å². The molecule has 6 rings (SSSR count). The molecular formula is C60H129N9O. The van der Waals surface area contributed by atoms with E-state index in [1.807, 2.05) is 0 Å². The molecule has 0 radical (unpaired) electrons. The summed E-state index contributed by atoms with van der Waals surface area (Å²) in [6.07, 6.45) is 11.8. The number of hydrogen-bond donors (Lipinski definition) is 0. The third kappa shape index (κ3) is 37.3. The first-order valence-electron chi connectivity index (χ1n) is 28.9. The van der Waals surface area contributed by atoms with Crippen LogP contribution in [-0.2, 0) is 4.74 Å². The third-order valence-electron chi connectivity index (χ3n) is 13.4. The Morgan fingerprint density at radius 2 is 0.714 bits per heavy atom. The van der Waals surface area contributed by atoms with Gasteiger partial charge in [-0.05, 0) is 152 Å². The van der Waals surface area contributed by atoms with Crippen molar-refractivity contribution in [2.45, 2.75) is 188 Å². The molecule has 0 N–H and O–H groups in total. The molecule has 6 heterocycles. The van der Waals surface area contributed by atoms with Gasteiger partial charge in [0, 0.05) is 91.1 Å². The number of ether oxygens (including phenoxy) is 1. The predicted molar refractivity (Wildman–Crippen MR) is 311 cm³/mol. The fraction of sp³-hybridized carbons (Fsp3) is 1.00. The van der Waals surface area contributed by atoms with E-state index in [-0.39, 0.29) is 0 Å². The Balaban J connectivity index is 0.000000421. The molecule has 0 saturated carbocycles. The predicted octanol–water partition coefficient (Wildman–Crippen LogP) is 11.0. The van der Waals surface area contributed by atoms with Crippen LogP contribution in [0.25, 0.3) is 0 Å². The van der Waals surface area contributed by atoms with E-state index in [0.717, 1.165) is 32.3 Å². The van der Waals surface area contributed by atoms with Gasteiger partial charge in [0.2, 0.25) is 0 Å². The van der Waals surface area contributed by atoms with Crippen LogP contribution < -0.4 is 0 Å². The number of piperazine rings is 1. The van der Waals surface area contributed by atoms with Crippen molar-refractivity contribution in [3.8, 4) is 0 Å². The molecule has 6 aliphatic heterocycles. The molecule has 0 aliphatic carbocycles. The van der Waals surface area contributed by atoms with Gasteiger partial charge in [0.05, 0.1) is 19.4 Å². The van der Waals surface area contributed by atoms with Gasteiger partial charge in [-0.15, -0.1) is 0 Å². The smallest absolute Gasteiger partial charge is 0.0618 e. The quantitative estimate of drug-likeness (QED) is 0.235. The maximum Gasteiger partial charge on any atom is 0.0618 e. The zero-order valence-electron chi connectivity index (χ0n) is 52.1. The summed E-state index contributed by atoms with van der Waals surface area (Å²) < 4.78 is 5.27. The standard InChI is InChI=1S/2C11H24N2.C10H22N2.C10H21N.C9H19NO.C9H19N/c1-11(2,3)9-13-7-6-10(8-13)12(4)5;1-11(2,3)9-13-8-6-7-10(13)12(4)5;1-10(2,3)9-12-7-5-11(4)6-8-12;1-10(2,3)9-11-7-5-4-6-8-11;1-9(2,3)8-10-4-6-11-7-5-10;1-9(2,3)8-10-6-4-5-7-10/h2*10H,6-9H2,1-5H3;5-9H2,1-4H3;4-9H2,1-3H3;4-8H2,1-3H3;4-8H2,1-3H3. The minimum absolute atomic E-state index is 0.428. The second-order valence-corrected chi connectivity index (χ2v) is 30.4. The summed E-state index contributed by atoms with van der Waals surface area (Å²) in [5.74, 6) is 0. The monoisotopic (exact) mass is 992 g/mol. The third-order valence-corrected chi connectivity index (χ3v) is 13.4. The number of likely N-dealkylation sites (tertiary alicyclic amines) is 4. The summed E-state index contributed by atoms with van der Waals surface area (Å²) in [7, 11) is 10.9. The van der Waals surface area contributed by atoms with Crippen LogP contribution in [0.3, 0.4) is 0 Å². The number of hydrogen-bond acceptors (Lipinski definition) is 10. The summed E-state index contributed by atoms with van der Waals surface area (Å²) in [6.45, 7) is 67.1. The van der Waals surface area contributed by atoms with Gasteiger partial charge in [-0.25, -0.2) is 0 Å². The van der Waals surface area contributed by atoms with Gasteiger partial charge in [-0.2, -0.15) is 0 Å². The molecular weight excluding hydrogens is 863 g/mol. The Morgan fingerprint density at radius 1 is 0.357 bits per heavy atom. The first-order chi connectivity index (χ1) is 32.0. The highest BCUT2D eigenvalue weighted by molar-refractivity contribution is 4.84. The Labute approximate surface area is 440 Å². The van der Waals surface area contributed by atoms with E-state index >= 15 is 0 Å². The maximum absolute atomic E-state index is 5.27. The second-order valence-electron chi connectivity index (χ2n) is 30.4. The summed E-state index contributed by atoms with van der Waals surface area (Å²) in [5.41, 5.74) is 2.73. The Kier molecular flexibility index (Phi) is 31.1. The van der Waals surface area contributed by atoms with Crippen LogP contribution in [-0.4, -0.2) is 229 Å². The van der Waals surface area contributed by atoms with Crippen LogP contribution in [0.4, 0.5) is 0 Å². The van der Waals surface area contributed by atoms with Crippen molar-refractivity contribution >= 4 is 0 Å². The number of likely N-dealkylation sites (N-methyl/N-ethyl adjacent to an activating group) is 2. The molecule has 6 aliphatic rings. The lowest BCUT2D eigenvalue weighted by Crippen LogP contribution is -2.47. The summed E-state index contributed by atoms with van der Waals surface area (Å²) in [5, 5.41) is 0. The highest BCUT2D eigenvalue weighted by Gasteiger charge is 2.30. The van der Waals surface area contributed by atoms with E-state index in [0.29, 0.717) is 38.7 Å². The molecule has 0 aromatic heterocycles. The van der Waals surface area contributed by atoms with Gasteiger partial charge in [-0.3, -0.25) is 14.7 Å². The fourth-order valence-electron chi connectivity index (χ4n) is 10.7. The van der Waals surface area contributed by atoms with E-state index in [9.17, 15) is 0 Å². The van der Waals surface area contributed by atoms with Crippen LogP contribution in [0.2, 0.25) is 0 Å². The van der Waals surface area contributed by atoms with E-state index < -0.39 is 0 Å². The number of nitrogens with zero attached hydrogens (tertiary/aromatic N) is 9. The Morgan fingerprint density at radius 3 is 1.07 bits per heavy atom. The zero-order valence-corrected chi connectivity index (χ0v) is 52.1. The minimum Gasteiger partial charge on any atom is -0.379 e. The van der Waals surface area contributed by atoms with Crippen LogP contribution in [0.15, 0.2) is 0 Å². The average Bonchev–Trinajstić information content (AvgIpc) is 3.98. The number of morpholine rings is 1. The normalized spacial score (nSPS) is 23.6. The van der Waals surface area contributed by atoms with Crippen molar-refractivity contribution in [2.75, 3.05) is 173 Å². The molecule has 10 nitrogen and oxygen atoms in total. The van der Waals surface area contributed by atoms with Gasteiger partial charge in [-0.1, -0.05) is 131 Å². The largest absolute Gasteiger partial charge is 0.379 e. The molecule has 0 spiro atoms. The molecule has 2 atom stereocenters. The van der Waals surface area contributed by atoms with E-state index in [4.69, 9.17) is 4.74 Å². The fourth-order valence-corrected chi connectivity index (χ4v) is 10.7. The summed E-state index contributed by atoms with van der Waals surface area (Å²) in [4.78, 5) is 22.5. The average molecular weight is 993 g/mol. The Bertz CT molecular complexity index is 1240. The lowest BCUT2D eigenvalue weighted by atomic mass is 9.95. The molecule has 6 saturated heterocycles. The summed E-state index contributed by atoms with van der Waals surface area (Å²) in [6, 6.07) is 0.780. The number of piperidine rings is 1. The second kappa shape index (κ2) is 32.2. The highest BCUT2D eigenvalue weighted by Crippen LogP contribution is 2.25. The lowest BCUT2D eigenvalue weighted by Gasteiger charge is -2.36. The molecule has 10 heteroatoms. The topological polar surface area (TPSA) is 38.4 Å². The van der Waals surface area contributed by atoms with E-state index in [1.165, 1.54) is 163 Å². The highest BCUT2D eigenvalue weighted by atomic mass is 16.5. The lowest BCUT2D eigenvalue weighted by molar-refractivity contribution is 0.0236. The first-order valence-corrected chi connectivity index (χ1v) is 28.9. The molecule has 0 amide bonds. The first kappa shape index (κ1) is 67.6. The van der Waals surface area contributed by atoms with E-state index in [2.05, 4.69) is 204 Å². The van der Waals surface area contributed by atoms with Crippen LogP contribution in [0.1, 0.15) is 176 Å². The van der Waals surface area contributed by atoms with Gasteiger partial charge >= 0.3 is 0 Å². The van der Waals surface area contributed by atoms with Crippen molar-refractivity contribution in [1.82, 2.24) is 44.1 Å². The van der Waals surface area contributed by atoms with Crippen molar-refractivity contribution in [3.05, 3.63) is 0 Å². The molecule has 0 aromatic carbocycles. The zero-order chi connectivity index (χ0) is 53.6. The maximum atomic E-state index is 5.27. The molecule has 0 aromatic rings. The number of rotatable bonds is 8. The van der Waals surface area contributed by atoms with E-state index in [1.54, 1.807) is 0 Å². The van der Waals surface area contributed by atoms with Crippen molar-refractivity contribution in [3.63, 3.8) is 0 Å². The molecule has 0 bridgehead atoms. The van der Waals surface area contributed by atoms with Crippen LogP contribution in [0, 0.1) is 32.5 Å². The molecule has 70 heavy (non-hydrogen) atoms. The minimum atomic E-state index is 0.428. The molecule has 420 valence electrons. The van der Waals surface area contributed by atoms with Crippen molar-refractivity contribution in [2.24, 2.45) is 32.5 Å². The molecule has 2 unspecified atom stereocenters.